The van der Waals surface area contributed by atoms with Crippen LogP contribution in [0, 0.1) is 0 Å². The van der Waals surface area contributed by atoms with Gasteiger partial charge in [-0.1, -0.05) is 12.1 Å². The molecule has 1 amide bonds. The third-order valence-electron chi connectivity index (χ3n) is 5.98. The lowest BCUT2D eigenvalue weighted by atomic mass is 10.1. The number of nitrogens with one attached hydrogen (secondary N) is 1. The van der Waals surface area contributed by atoms with E-state index in [1.807, 2.05) is 13.8 Å². The molecule has 0 bridgehead atoms. The second-order valence-electron chi connectivity index (χ2n) is 9.44. The fourth-order valence-electron chi connectivity index (χ4n) is 4.00. The molecule has 41 heavy (non-hydrogen) atoms. The summed E-state index contributed by atoms with van der Waals surface area (Å²) in [5.41, 5.74) is 7.38. The van der Waals surface area contributed by atoms with Gasteiger partial charge in [0.15, 0.2) is 0 Å². The van der Waals surface area contributed by atoms with Gasteiger partial charge in [-0.25, -0.2) is 4.79 Å². The van der Waals surface area contributed by atoms with Crippen molar-refractivity contribution in [3.63, 3.8) is 0 Å². The number of aromatic nitrogens is 2. The van der Waals surface area contributed by atoms with E-state index in [1.165, 1.54) is 4.57 Å². The van der Waals surface area contributed by atoms with Crippen LogP contribution >= 0.6 is 0 Å². The molecule has 3 aromatic rings. The molecule has 1 heterocycles. The van der Waals surface area contributed by atoms with Crippen LogP contribution in [0.1, 0.15) is 24.2 Å². The highest BCUT2D eigenvalue weighted by molar-refractivity contribution is 6.07. The van der Waals surface area contributed by atoms with Crippen LogP contribution in [0.25, 0.3) is 11.0 Å². The first kappa shape index (κ1) is 32.1. The molecule has 12 nitrogen and oxygen atoms in total. The Bertz CT molecular complexity index is 1300. The van der Waals surface area contributed by atoms with E-state index in [4.69, 9.17) is 34.2 Å². The molecular weight excluding hydrogens is 532 g/mol. The first-order chi connectivity index (χ1) is 19.8. The van der Waals surface area contributed by atoms with Crippen LogP contribution in [0.15, 0.2) is 41.2 Å². The minimum absolute atomic E-state index is 0.134. The molecular formula is C29H42N4O8. The summed E-state index contributed by atoms with van der Waals surface area (Å²) in [7, 11) is 3.39. The molecule has 0 radical (unpaired) electrons. The summed E-state index contributed by atoms with van der Waals surface area (Å²) >= 11 is 0. The number of benzene rings is 2. The van der Waals surface area contributed by atoms with Crippen molar-refractivity contribution in [3.8, 4) is 11.5 Å². The second-order valence-corrected chi connectivity index (χ2v) is 9.44. The summed E-state index contributed by atoms with van der Waals surface area (Å²) in [4.78, 5) is 25.8. The van der Waals surface area contributed by atoms with Crippen molar-refractivity contribution in [2.24, 2.45) is 19.8 Å². The number of hydrogen-bond donors (Lipinski definition) is 2. The van der Waals surface area contributed by atoms with Gasteiger partial charge >= 0.3 is 5.69 Å². The minimum Gasteiger partial charge on any atom is -0.490 e. The normalized spacial score (nSPS) is 11.4. The van der Waals surface area contributed by atoms with Crippen LogP contribution in [0.4, 0.5) is 5.69 Å². The van der Waals surface area contributed by atoms with Crippen LogP contribution in [0.2, 0.25) is 0 Å². The molecule has 1 aromatic heterocycles. The number of para-hydroxylation sites is 1. The topological polar surface area (TPSA) is 137 Å². The maximum Gasteiger partial charge on any atom is 0.328 e. The van der Waals surface area contributed by atoms with Crippen molar-refractivity contribution in [2.75, 3.05) is 71.3 Å². The van der Waals surface area contributed by atoms with Gasteiger partial charge in [0.05, 0.1) is 81.2 Å². The van der Waals surface area contributed by atoms with Crippen LogP contribution in [-0.2, 0) is 33.0 Å². The maximum atomic E-state index is 13.3. The van der Waals surface area contributed by atoms with Crippen molar-refractivity contribution in [1.29, 1.82) is 0 Å². The molecule has 226 valence electrons. The molecule has 0 saturated heterocycles. The Morgan fingerprint density at radius 2 is 1.34 bits per heavy atom. The average Bonchev–Trinajstić information content (AvgIpc) is 3.16. The number of fused-ring (bicyclic) bond motifs is 1. The summed E-state index contributed by atoms with van der Waals surface area (Å²) in [5, 5.41) is 2.93. The lowest BCUT2D eigenvalue weighted by molar-refractivity contribution is -0.00388. The number of anilines is 1. The Hall–Kier alpha value is -3.42. The molecule has 2 aromatic carbocycles. The van der Waals surface area contributed by atoms with Crippen molar-refractivity contribution >= 4 is 22.6 Å². The summed E-state index contributed by atoms with van der Waals surface area (Å²) in [6.07, 6.45) is -0.134. The SMILES string of the molecule is CC(C)Oc1cc2c(cc1NC(=O)c1ccccc1OCCOCCOCCOCCOCCN)n(C)c(=O)n2C. The Morgan fingerprint density at radius 1 is 0.805 bits per heavy atom. The number of ether oxygens (including phenoxy) is 6. The molecule has 0 atom stereocenters. The molecule has 0 saturated carbocycles. The molecule has 0 aliphatic rings. The maximum absolute atomic E-state index is 13.3. The van der Waals surface area contributed by atoms with E-state index in [9.17, 15) is 9.59 Å². The van der Waals surface area contributed by atoms with Gasteiger partial charge in [0.25, 0.3) is 5.91 Å². The molecule has 3 rings (SSSR count). The van der Waals surface area contributed by atoms with E-state index in [0.717, 1.165) is 0 Å². The number of carbonyl (C=O) groups is 1. The Balaban J connectivity index is 1.49. The smallest absolute Gasteiger partial charge is 0.328 e. The third-order valence-corrected chi connectivity index (χ3v) is 5.98. The lowest BCUT2D eigenvalue weighted by Crippen LogP contribution is -2.19. The van der Waals surface area contributed by atoms with Gasteiger partial charge < -0.3 is 39.5 Å². The standard InChI is InChI=1S/C29H42N4O8/c1-21(2)41-27-20-25-24(32(3)29(35)33(25)4)19-23(27)31-28(34)22-7-5-6-8-26(22)40-18-17-39-16-15-38-14-13-37-12-11-36-10-9-30/h5-8,19-21H,9-18,30H2,1-4H3,(H,31,34). The fraction of sp³-hybridized carbons (Fsp3) is 0.517. The molecule has 3 N–H and O–H groups in total. The number of rotatable bonds is 19. The monoisotopic (exact) mass is 574 g/mol. The number of hydrogen-bond acceptors (Lipinski definition) is 9. The summed E-state index contributed by atoms with van der Waals surface area (Å²) < 4.78 is 36.6. The number of nitrogens with two attached hydrogens (primary N) is 1. The molecule has 0 fully saturated rings. The third kappa shape index (κ3) is 9.58. The van der Waals surface area contributed by atoms with E-state index >= 15 is 0 Å². The quantitative estimate of drug-likeness (QED) is 0.207. The average molecular weight is 575 g/mol. The Labute approximate surface area is 240 Å². The van der Waals surface area contributed by atoms with E-state index in [1.54, 1.807) is 55.1 Å². The molecule has 0 unspecified atom stereocenters. The number of imidazole rings is 1. The number of carbonyl (C=O) groups excluding carboxylic acids is 1. The number of aryl methyl sites for hydroxylation is 2. The zero-order valence-corrected chi connectivity index (χ0v) is 24.4. The van der Waals surface area contributed by atoms with Gasteiger partial charge in [-0.05, 0) is 32.0 Å². The number of nitrogens with zero attached hydrogens (tertiary/aromatic N) is 2. The number of amides is 1. The van der Waals surface area contributed by atoms with Crippen LogP contribution in [0.5, 0.6) is 11.5 Å². The summed E-state index contributed by atoms with van der Waals surface area (Å²) in [5.74, 6) is 0.535. The first-order valence-electron chi connectivity index (χ1n) is 13.7. The highest BCUT2D eigenvalue weighted by Crippen LogP contribution is 2.32. The zero-order chi connectivity index (χ0) is 29.6. The van der Waals surface area contributed by atoms with Crippen molar-refractivity contribution in [3.05, 3.63) is 52.4 Å². The van der Waals surface area contributed by atoms with Crippen LogP contribution in [0.3, 0.4) is 0 Å². The molecule has 0 spiro atoms. The summed E-state index contributed by atoms with van der Waals surface area (Å²) in [6.45, 7) is 8.24. The predicted molar refractivity (Wildman–Crippen MR) is 156 cm³/mol. The molecule has 0 aliphatic heterocycles. The van der Waals surface area contributed by atoms with Gasteiger partial charge in [-0.15, -0.1) is 0 Å². The molecule has 12 heteroatoms. The van der Waals surface area contributed by atoms with Gasteiger partial charge in [0.1, 0.15) is 18.1 Å². The zero-order valence-electron chi connectivity index (χ0n) is 24.4. The van der Waals surface area contributed by atoms with Crippen LogP contribution in [-0.4, -0.2) is 87.2 Å². The Morgan fingerprint density at radius 3 is 1.93 bits per heavy atom. The predicted octanol–water partition coefficient (Wildman–Crippen LogP) is 2.32. The first-order valence-corrected chi connectivity index (χ1v) is 13.7. The van der Waals surface area contributed by atoms with Crippen molar-refractivity contribution < 1.29 is 33.2 Å². The van der Waals surface area contributed by atoms with E-state index in [2.05, 4.69) is 5.32 Å². The fourth-order valence-corrected chi connectivity index (χ4v) is 4.00. The van der Waals surface area contributed by atoms with Gasteiger partial charge in [-0.3, -0.25) is 13.9 Å². The van der Waals surface area contributed by atoms with Gasteiger partial charge in [0, 0.05) is 26.7 Å². The Kier molecular flexibility index (Phi) is 13.1. The van der Waals surface area contributed by atoms with E-state index in [-0.39, 0.29) is 24.3 Å². The van der Waals surface area contributed by atoms with Crippen molar-refractivity contribution in [1.82, 2.24) is 9.13 Å². The lowest BCUT2D eigenvalue weighted by Gasteiger charge is -2.17. The second kappa shape index (κ2) is 16.7. The highest BCUT2D eigenvalue weighted by atomic mass is 16.6. The van der Waals surface area contributed by atoms with Gasteiger partial charge in [0.2, 0.25) is 0 Å². The summed E-state index contributed by atoms with van der Waals surface area (Å²) in [6, 6.07) is 10.5. The molecule has 0 aliphatic carbocycles. The van der Waals surface area contributed by atoms with E-state index < -0.39 is 0 Å². The highest BCUT2D eigenvalue weighted by Gasteiger charge is 2.19. The van der Waals surface area contributed by atoms with Crippen LogP contribution < -0.4 is 26.2 Å². The van der Waals surface area contributed by atoms with E-state index in [0.29, 0.717) is 93.2 Å². The van der Waals surface area contributed by atoms with Crippen molar-refractivity contribution in [2.45, 2.75) is 20.0 Å². The van der Waals surface area contributed by atoms with Gasteiger partial charge in [-0.2, -0.15) is 0 Å². The minimum atomic E-state index is -0.364. The largest absolute Gasteiger partial charge is 0.490 e.